The molecule has 0 saturated carbocycles. The number of aromatic hydroxyl groups is 1. The van der Waals surface area contributed by atoms with Gasteiger partial charge in [0.2, 0.25) is 0 Å². The number of methoxy groups -OCH3 is 1. The lowest BCUT2D eigenvalue weighted by Gasteiger charge is -2.36. The number of ether oxygens (including phenoxy) is 2. The van der Waals surface area contributed by atoms with Crippen LogP contribution in [-0.4, -0.2) is 35.9 Å². The van der Waals surface area contributed by atoms with E-state index in [4.69, 9.17) is 9.47 Å². The lowest BCUT2D eigenvalue weighted by atomic mass is 9.96. The average molecular weight is 307 g/mol. The van der Waals surface area contributed by atoms with E-state index in [9.17, 15) is 14.7 Å². The van der Waals surface area contributed by atoms with Crippen LogP contribution in [0.3, 0.4) is 0 Å². The number of carbonyl (C=O) groups is 2. The zero-order valence-electron chi connectivity index (χ0n) is 13.3. The molecule has 1 aliphatic rings. The minimum Gasteiger partial charge on any atom is -0.508 e. The van der Waals surface area contributed by atoms with Crippen molar-refractivity contribution in [2.75, 3.05) is 12.0 Å². The van der Waals surface area contributed by atoms with E-state index < -0.39 is 23.7 Å². The zero-order chi connectivity index (χ0) is 16.5. The molecule has 22 heavy (non-hydrogen) atoms. The second-order valence-electron chi connectivity index (χ2n) is 6.24. The van der Waals surface area contributed by atoms with Gasteiger partial charge < -0.3 is 14.6 Å². The molecule has 0 fully saturated rings. The molecular weight excluding hydrogens is 286 g/mol. The van der Waals surface area contributed by atoms with Crippen molar-refractivity contribution in [3.05, 3.63) is 23.8 Å². The van der Waals surface area contributed by atoms with Crippen LogP contribution in [0, 0.1) is 0 Å². The maximum absolute atomic E-state index is 12.5. The van der Waals surface area contributed by atoms with Crippen LogP contribution >= 0.6 is 0 Å². The van der Waals surface area contributed by atoms with Gasteiger partial charge in [0.15, 0.2) is 0 Å². The van der Waals surface area contributed by atoms with E-state index in [1.807, 2.05) is 0 Å². The molecule has 120 valence electrons. The first-order valence-electron chi connectivity index (χ1n) is 7.15. The Labute approximate surface area is 129 Å². The average Bonchev–Trinajstić information content (AvgIpc) is 2.43. The number of nitrogens with zero attached hydrogens (tertiary/aromatic N) is 1. The number of anilines is 1. The van der Waals surface area contributed by atoms with Crippen molar-refractivity contribution in [1.29, 1.82) is 0 Å². The van der Waals surface area contributed by atoms with Gasteiger partial charge in [-0.3, -0.25) is 4.90 Å². The molecule has 1 unspecified atom stereocenters. The normalized spacial score (nSPS) is 17.6. The number of rotatable bonds is 1. The first kappa shape index (κ1) is 16.1. The van der Waals surface area contributed by atoms with E-state index in [0.717, 1.165) is 5.56 Å². The summed E-state index contributed by atoms with van der Waals surface area (Å²) in [5, 5.41) is 9.71. The first-order chi connectivity index (χ1) is 10.2. The molecule has 0 bridgehead atoms. The van der Waals surface area contributed by atoms with E-state index >= 15 is 0 Å². The van der Waals surface area contributed by atoms with Crippen LogP contribution in [-0.2, 0) is 20.7 Å². The Balaban J connectivity index is 2.44. The van der Waals surface area contributed by atoms with Gasteiger partial charge in [-0.2, -0.15) is 0 Å². The lowest BCUT2D eigenvalue weighted by Crippen LogP contribution is -2.50. The molecule has 6 heteroatoms. The van der Waals surface area contributed by atoms with Crippen LogP contribution < -0.4 is 4.90 Å². The van der Waals surface area contributed by atoms with E-state index in [2.05, 4.69) is 0 Å². The van der Waals surface area contributed by atoms with Crippen molar-refractivity contribution in [2.24, 2.45) is 0 Å². The Bertz CT molecular complexity index is 591. The molecule has 0 aromatic heterocycles. The Hall–Kier alpha value is -2.24. The van der Waals surface area contributed by atoms with Crippen molar-refractivity contribution in [3.8, 4) is 5.75 Å². The second-order valence-corrected chi connectivity index (χ2v) is 6.24. The molecule has 0 aliphatic carbocycles. The lowest BCUT2D eigenvalue weighted by molar-refractivity contribution is -0.142. The molecule has 1 aromatic carbocycles. The van der Waals surface area contributed by atoms with Gasteiger partial charge in [0.1, 0.15) is 17.4 Å². The highest BCUT2D eigenvalue weighted by Crippen LogP contribution is 2.35. The number of phenols is 1. The smallest absolute Gasteiger partial charge is 0.415 e. The number of amides is 1. The highest BCUT2D eigenvalue weighted by Gasteiger charge is 2.38. The van der Waals surface area contributed by atoms with Crippen LogP contribution in [0.1, 0.15) is 32.8 Å². The molecule has 0 spiro atoms. The van der Waals surface area contributed by atoms with Crippen molar-refractivity contribution in [1.82, 2.24) is 0 Å². The van der Waals surface area contributed by atoms with Crippen molar-refractivity contribution < 1.29 is 24.2 Å². The minimum absolute atomic E-state index is 0.0258. The van der Waals surface area contributed by atoms with Crippen LogP contribution in [0.15, 0.2) is 18.2 Å². The molecule has 1 aliphatic heterocycles. The third-order valence-electron chi connectivity index (χ3n) is 3.39. The summed E-state index contributed by atoms with van der Waals surface area (Å²) in [4.78, 5) is 25.8. The Kier molecular flexibility index (Phi) is 4.30. The Morgan fingerprint density at radius 2 is 2.00 bits per heavy atom. The number of fused-ring (bicyclic) bond motifs is 1. The number of phenolic OH excluding ortho intramolecular Hbond substituents is 1. The molecular formula is C16H21NO5. The molecule has 0 saturated heterocycles. The topological polar surface area (TPSA) is 76.1 Å². The van der Waals surface area contributed by atoms with Gasteiger partial charge in [-0.25, -0.2) is 9.59 Å². The summed E-state index contributed by atoms with van der Waals surface area (Å²) in [5.74, 6) is -0.474. The third-order valence-corrected chi connectivity index (χ3v) is 3.39. The highest BCUT2D eigenvalue weighted by atomic mass is 16.6. The molecule has 1 N–H and O–H groups in total. The Morgan fingerprint density at radius 3 is 2.59 bits per heavy atom. The van der Waals surface area contributed by atoms with Crippen LogP contribution in [0.5, 0.6) is 5.75 Å². The summed E-state index contributed by atoms with van der Waals surface area (Å²) in [6.45, 7) is 5.27. The monoisotopic (exact) mass is 307 g/mol. The second kappa shape index (κ2) is 5.87. The van der Waals surface area contributed by atoms with Gasteiger partial charge in [0, 0.05) is 6.07 Å². The molecule has 1 atom stereocenters. The largest absolute Gasteiger partial charge is 0.508 e. The van der Waals surface area contributed by atoms with Gasteiger partial charge in [-0.15, -0.1) is 0 Å². The maximum atomic E-state index is 12.5. The predicted molar refractivity (Wildman–Crippen MR) is 80.9 cm³/mol. The predicted octanol–water partition coefficient (Wildman–Crippen LogP) is 2.62. The number of hydrogen-bond donors (Lipinski definition) is 1. The number of aryl methyl sites for hydroxylation is 1. The standard InChI is InChI=1S/C16H21NO5/c1-16(2,3)22-15(20)17-12(14(19)21-4)8-6-10-5-7-11(18)9-13(10)17/h5,7,9,12,18H,6,8H2,1-4H3. The quantitative estimate of drug-likeness (QED) is 0.807. The SMILES string of the molecule is COC(=O)C1CCc2ccc(O)cc2N1C(=O)OC(C)(C)C. The van der Waals surface area contributed by atoms with E-state index in [0.29, 0.717) is 18.5 Å². The van der Waals surface area contributed by atoms with Crippen LogP contribution in [0.25, 0.3) is 0 Å². The summed E-state index contributed by atoms with van der Waals surface area (Å²) >= 11 is 0. The molecule has 1 amide bonds. The van der Waals surface area contributed by atoms with E-state index in [-0.39, 0.29) is 5.75 Å². The fourth-order valence-corrected chi connectivity index (χ4v) is 2.47. The summed E-state index contributed by atoms with van der Waals surface area (Å²) in [5.41, 5.74) is 0.673. The van der Waals surface area contributed by atoms with Gasteiger partial charge in [-0.1, -0.05) is 6.07 Å². The summed E-state index contributed by atoms with van der Waals surface area (Å²) in [7, 11) is 1.29. The first-order valence-corrected chi connectivity index (χ1v) is 7.15. The number of hydrogen-bond acceptors (Lipinski definition) is 5. The molecule has 2 rings (SSSR count). The van der Waals surface area contributed by atoms with Gasteiger partial charge in [0.05, 0.1) is 12.8 Å². The van der Waals surface area contributed by atoms with Crippen molar-refractivity contribution in [3.63, 3.8) is 0 Å². The number of benzene rings is 1. The van der Waals surface area contributed by atoms with Gasteiger partial charge in [0.25, 0.3) is 0 Å². The maximum Gasteiger partial charge on any atom is 0.415 e. The summed E-state index contributed by atoms with van der Waals surface area (Å²) in [6, 6.07) is 4.02. The molecule has 1 heterocycles. The Morgan fingerprint density at radius 1 is 1.32 bits per heavy atom. The van der Waals surface area contributed by atoms with Crippen LogP contribution in [0.4, 0.5) is 10.5 Å². The molecule has 0 radical (unpaired) electrons. The fraction of sp³-hybridized carbons (Fsp3) is 0.500. The fourth-order valence-electron chi connectivity index (χ4n) is 2.47. The zero-order valence-corrected chi connectivity index (χ0v) is 13.3. The minimum atomic E-state index is -0.755. The summed E-state index contributed by atoms with van der Waals surface area (Å²) in [6.07, 6.45) is 0.438. The van der Waals surface area contributed by atoms with E-state index in [1.165, 1.54) is 18.1 Å². The highest BCUT2D eigenvalue weighted by molar-refractivity contribution is 5.97. The third kappa shape index (κ3) is 3.32. The molecule has 1 aromatic rings. The van der Waals surface area contributed by atoms with Crippen molar-refractivity contribution >= 4 is 17.7 Å². The number of carbonyl (C=O) groups excluding carboxylic acids is 2. The number of esters is 1. The van der Waals surface area contributed by atoms with Crippen LogP contribution in [0.2, 0.25) is 0 Å². The summed E-state index contributed by atoms with van der Waals surface area (Å²) < 4.78 is 10.2. The van der Waals surface area contributed by atoms with Gasteiger partial charge in [-0.05, 0) is 45.2 Å². The van der Waals surface area contributed by atoms with E-state index in [1.54, 1.807) is 32.9 Å². The van der Waals surface area contributed by atoms with Gasteiger partial charge >= 0.3 is 12.1 Å². The molecule has 6 nitrogen and oxygen atoms in total. The van der Waals surface area contributed by atoms with Crippen molar-refractivity contribution in [2.45, 2.75) is 45.3 Å².